The van der Waals surface area contributed by atoms with Crippen LogP contribution in [-0.4, -0.2) is 10.8 Å². The molecule has 0 aliphatic carbocycles. The first kappa shape index (κ1) is 13.5. The second-order valence-electron chi connectivity index (χ2n) is 4.97. The molecule has 106 valence electrons. The van der Waals surface area contributed by atoms with Crippen molar-refractivity contribution in [3.05, 3.63) is 70.9 Å². The minimum atomic E-state index is -0.694. The summed E-state index contributed by atoms with van der Waals surface area (Å²) in [4.78, 5) is 15.6. The Morgan fingerprint density at radius 1 is 1.05 bits per heavy atom. The number of H-pyrrole nitrogens is 1. The van der Waals surface area contributed by atoms with Gasteiger partial charge in [0.2, 0.25) is 0 Å². The lowest BCUT2D eigenvalue weighted by molar-refractivity contribution is 0.0991. The fourth-order valence-electron chi connectivity index (χ4n) is 2.59. The van der Waals surface area contributed by atoms with Gasteiger partial charge < -0.3 is 4.98 Å². The highest BCUT2D eigenvalue weighted by Crippen LogP contribution is 2.24. The molecule has 0 fully saturated rings. The molecule has 2 nitrogen and oxygen atoms in total. The molecule has 0 aliphatic heterocycles. The van der Waals surface area contributed by atoms with E-state index in [9.17, 15) is 13.6 Å². The third-order valence-corrected chi connectivity index (χ3v) is 3.57. The lowest BCUT2D eigenvalue weighted by Crippen LogP contribution is -2.08. The lowest BCUT2D eigenvalue weighted by Gasteiger charge is -2.05. The number of fused-ring (bicyclic) bond motifs is 1. The molecule has 2 aromatic carbocycles. The van der Waals surface area contributed by atoms with E-state index in [1.807, 2.05) is 24.3 Å². The van der Waals surface area contributed by atoms with Gasteiger partial charge in [0, 0.05) is 34.1 Å². The summed E-state index contributed by atoms with van der Waals surface area (Å²) in [5, 5.41) is 0.775. The van der Waals surface area contributed by atoms with Crippen LogP contribution in [0.4, 0.5) is 8.78 Å². The summed E-state index contributed by atoms with van der Waals surface area (Å²) >= 11 is 0. The Kier molecular flexibility index (Phi) is 3.29. The van der Waals surface area contributed by atoms with Crippen molar-refractivity contribution in [3.8, 4) is 0 Å². The third kappa shape index (κ3) is 2.33. The van der Waals surface area contributed by atoms with Crippen LogP contribution in [0.1, 0.15) is 21.6 Å². The molecule has 0 aliphatic rings. The summed E-state index contributed by atoms with van der Waals surface area (Å²) in [6.07, 6.45) is -0.290. The molecule has 21 heavy (non-hydrogen) atoms. The average Bonchev–Trinajstić information content (AvgIpc) is 2.78. The molecule has 0 unspecified atom stereocenters. The number of aromatic amines is 1. The van der Waals surface area contributed by atoms with E-state index in [1.54, 1.807) is 6.92 Å². The summed E-state index contributed by atoms with van der Waals surface area (Å²) in [5.74, 6) is -1.68. The number of rotatable bonds is 3. The van der Waals surface area contributed by atoms with E-state index >= 15 is 0 Å². The van der Waals surface area contributed by atoms with Crippen molar-refractivity contribution in [1.29, 1.82) is 0 Å². The van der Waals surface area contributed by atoms with Crippen LogP contribution in [0.15, 0.2) is 42.5 Å². The highest BCUT2D eigenvalue weighted by Gasteiger charge is 2.19. The Balaban J connectivity index is 2.04. The Labute approximate surface area is 120 Å². The summed E-state index contributed by atoms with van der Waals surface area (Å²) in [7, 11) is 0. The van der Waals surface area contributed by atoms with Gasteiger partial charge in [-0.2, -0.15) is 0 Å². The number of ketones is 1. The highest BCUT2D eigenvalue weighted by molar-refractivity contribution is 6.09. The first-order chi connectivity index (χ1) is 10.1. The quantitative estimate of drug-likeness (QED) is 0.719. The van der Waals surface area contributed by atoms with Crippen LogP contribution >= 0.6 is 0 Å². The number of carbonyl (C=O) groups is 1. The van der Waals surface area contributed by atoms with Crippen molar-refractivity contribution in [3.63, 3.8) is 0 Å². The van der Waals surface area contributed by atoms with Crippen molar-refractivity contribution in [1.82, 2.24) is 4.98 Å². The first-order valence-electron chi connectivity index (χ1n) is 6.61. The molecule has 3 rings (SSSR count). The van der Waals surface area contributed by atoms with Gasteiger partial charge in [-0.3, -0.25) is 4.79 Å². The second kappa shape index (κ2) is 5.13. The van der Waals surface area contributed by atoms with E-state index < -0.39 is 11.6 Å². The molecule has 1 N–H and O–H groups in total. The fraction of sp³-hybridized carbons (Fsp3) is 0.118. The van der Waals surface area contributed by atoms with Crippen molar-refractivity contribution in [2.75, 3.05) is 0 Å². The predicted molar refractivity (Wildman–Crippen MR) is 77.4 cm³/mol. The van der Waals surface area contributed by atoms with Crippen molar-refractivity contribution in [2.24, 2.45) is 0 Å². The minimum Gasteiger partial charge on any atom is -0.358 e. The Hall–Kier alpha value is -2.49. The summed E-state index contributed by atoms with van der Waals surface area (Å²) < 4.78 is 27.3. The SMILES string of the molecule is Cc1[nH]c2ccccc2c1C(=O)Cc1c(F)cccc1F. The third-order valence-electron chi connectivity index (χ3n) is 3.57. The van der Waals surface area contributed by atoms with Crippen LogP contribution in [0, 0.1) is 18.6 Å². The van der Waals surface area contributed by atoms with E-state index in [-0.39, 0.29) is 17.8 Å². The van der Waals surface area contributed by atoms with E-state index in [0.29, 0.717) is 11.3 Å². The molecule has 0 saturated heterocycles. The molecule has 0 atom stereocenters. The number of hydrogen-bond acceptors (Lipinski definition) is 1. The highest BCUT2D eigenvalue weighted by atomic mass is 19.1. The largest absolute Gasteiger partial charge is 0.358 e. The number of carbonyl (C=O) groups excluding carboxylic acids is 1. The molecule has 3 aromatic rings. The van der Waals surface area contributed by atoms with Crippen LogP contribution < -0.4 is 0 Å². The van der Waals surface area contributed by atoms with Gasteiger partial charge in [-0.05, 0) is 25.1 Å². The smallest absolute Gasteiger partial charge is 0.169 e. The minimum absolute atomic E-state index is 0.188. The fourth-order valence-corrected chi connectivity index (χ4v) is 2.59. The van der Waals surface area contributed by atoms with Crippen molar-refractivity contribution < 1.29 is 13.6 Å². The number of benzene rings is 2. The van der Waals surface area contributed by atoms with Gasteiger partial charge in [0.05, 0.1) is 0 Å². The number of hydrogen-bond donors (Lipinski definition) is 1. The van der Waals surface area contributed by atoms with Gasteiger partial charge in [-0.25, -0.2) is 8.78 Å². The summed E-state index contributed by atoms with van der Waals surface area (Å²) in [6, 6.07) is 11.0. The number of aryl methyl sites for hydroxylation is 1. The molecule has 4 heteroatoms. The van der Waals surface area contributed by atoms with E-state index in [0.717, 1.165) is 23.0 Å². The molecule has 0 amide bonds. The van der Waals surface area contributed by atoms with Crippen molar-refractivity contribution in [2.45, 2.75) is 13.3 Å². The van der Waals surface area contributed by atoms with Crippen LogP contribution in [-0.2, 0) is 6.42 Å². The monoisotopic (exact) mass is 285 g/mol. The number of halogens is 2. The zero-order valence-electron chi connectivity index (χ0n) is 11.4. The van der Waals surface area contributed by atoms with E-state index in [2.05, 4.69) is 4.98 Å². The Morgan fingerprint density at radius 3 is 2.43 bits per heavy atom. The van der Waals surface area contributed by atoms with Gasteiger partial charge in [-0.1, -0.05) is 24.3 Å². The Morgan fingerprint density at radius 2 is 1.71 bits per heavy atom. The van der Waals surface area contributed by atoms with Crippen LogP contribution in [0.2, 0.25) is 0 Å². The number of para-hydroxylation sites is 1. The Bertz CT molecular complexity index is 816. The summed E-state index contributed by atoms with van der Waals surface area (Å²) in [5.41, 5.74) is 1.85. The predicted octanol–water partition coefficient (Wildman–Crippen LogP) is 4.18. The topological polar surface area (TPSA) is 32.9 Å². The molecule has 0 saturated carbocycles. The molecular weight excluding hydrogens is 272 g/mol. The molecule has 1 aromatic heterocycles. The lowest BCUT2D eigenvalue weighted by atomic mass is 10.00. The molecule has 0 radical (unpaired) electrons. The number of nitrogens with one attached hydrogen (secondary N) is 1. The van der Waals surface area contributed by atoms with Gasteiger partial charge in [0.25, 0.3) is 0 Å². The summed E-state index contributed by atoms with van der Waals surface area (Å²) in [6.45, 7) is 1.78. The maximum Gasteiger partial charge on any atom is 0.169 e. The molecule has 0 bridgehead atoms. The number of Topliss-reactive ketones (excluding diaryl/α,β-unsaturated/α-hetero) is 1. The van der Waals surface area contributed by atoms with Crippen LogP contribution in [0.25, 0.3) is 10.9 Å². The normalized spacial score (nSPS) is 11.0. The van der Waals surface area contributed by atoms with Gasteiger partial charge in [-0.15, -0.1) is 0 Å². The van der Waals surface area contributed by atoms with Crippen LogP contribution in [0.3, 0.4) is 0 Å². The maximum atomic E-state index is 13.7. The van der Waals surface area contributed by atoms with Crippen LogP contribution in [0.5, 0.6) is 0 Å². The molecule has 0 spiro atoms. The zero-order valence-corrected chi connectivity index (χ0v) is 11.4. The second-order valence-corrected chi connectivity index (χ2v) is 4.97. The van der Waals surface area contributed by atoms with Gasteiger partial charge in [0.15, 0.2) is 5.78 Å². The zero-order chi connectivity index (χ0) is 15.0. The van der Waals surface area contributed by atoms with Crippen molar-refractivity contribution >= 4 is 16.7 Å². The van der Waals surface area contributed by atoms with E-state index in [4.69, 9.17) is 0 Å². The van der Waals surface area contributed by atoms with Gasteiger partial charge in [0.1, 0.15) is 11.6 Å². The standard InChI is InChI=1S/C17H13F2NO/c1-10-17(11-5-2-3-8-15(11)20-10)16(21)9-12-13(18)6-4-7-14(12)19/h2-8,20H,9H2,1H3. The first-order valence-corrected chi connectivity index (χ1v) is 6.61. The molecule has 1 heterocycles. The number of aromatic nitrogens is 1. The molecular formula is C17H13F2NO. The van der Waals surface area contributed by atoms with Gasteiger partial charge >= 0.3 is 0 Å². The average molecular weight is 285 g/mol. The maximum absolute atomic E-state index is 13.7. The van der Waals surface area contributed by atoms with E-state index in [1.165, 1.54) is 6.07 Å².